The van der Waals surface area contributed by atoms with Crippen LogP contribution in [-0.2, 0) is 27.8 Å². The molecule has 2 heterocycles. The van der Waals surface area contributed by atoms with Crippen LogP contribution in [0.4, 0.5) is 5.88 Å². The molecule has 0 spiro atoms. The van der Waals surface area contributed by atoms with Gasteiger partial charge in [-0.1, -0.05) is 11.3 Å². The van der Waals surface area contributed by atoms with E-state index in [1.807, 2.05) is 17.0 Å². The number of hydrogen-bond donors (Lipinski definition) is 1. The predicted molar refractivity (Wildman–Crippen MR) is 89.6 cm³/mol. The Labute approximate surface area is 152 Å². The summed E-state index contributed by atoms with van der Waals surface area (Å²) in [5.74, 6) is -1.86. The number of nitro groups is 1. The molecule has 2 rings (SSSR count). The molecule has 2 aromatic rings. The van der Waals surface area contributed by atoms with Gasteiger partial charge in [0.15, 0.2) is 12.2 Å². The van der Waals surface area contributed by atoms with Crippen molar-refractivity contribution in [2.45, 2.75) is 26.3 Å². The van der Waals surface area contributed by atoms with E-state index in [9.17, 15) is 23.3 Å². The van der Waals surface area contributed by atoms with Crippen LogP contribution in [0, 0.1) is 17.0 Å². The molecule has 0 atom stereocenters. The summed E-state index contributed by atoms with van der Waals surface area (Å²) < 4.78 is 41.9. The van der Waals surface area contributed by atoms with Crippen LogP contribution in [0.1, 0.15) is 27.5 Å². The number of rotatable bonds is 9. The number of aromatic nitrogens is 1. The molecule has 0 saturated heterocycles. The highest BCUT2D eigenvalue weighted by Crippen LogP contribution is 2.17. The van der Waals surface area contributed by atoms with Crippen molar-refractivity contribution in [3.8, 4) is 0 Å². The summed E-state index contributed by atoms with van der Waals surface area (Å²) in [5.41, 5.74) is 2.74. The van der Waals surface area contributed by atoms with Crippen molar-refractivity contribution in [1.82, 2.24) is 0 Å². The Hall–Kier alpha value is -2.31. The molecule has 0 aliphatic heterocycles. The normalized spacial score (nSPS) is 11.5. The van der Waals surface area contributed by atoms with Crippen molar-refractivity contribution in [3.05, 3.63) is 44.1 Å². The summed E-state index contributed by atoms with van der Waals surface area (Å²) in [7, 11) is -3.97. The lowest BCUT2D eigenvalue weighted by Gasteiger charge is -2.01. The molecule has 2 aromatic heterocycles. The summed E-state index contributed by atoms with van der Waals surface area (Å²) in [6.45, 7) is 2.37. The summed E-state index contributed by atoms with van der Waals surface area (Å²) in [5, 5.41) is 10.5. The van der Waals surface area contributed by atoms with Gasteiger partial charge in [0.25, 0.3) is 10.1 Å². The molecular formula is C14H17N2O8S2+. The highest BCUT2D eigenvalue weighted by molar-refractivity contribution is 7.85. The Morgan fingerprint density at radius 2 is 2.19 bits per heavy atom. The van der Waals surface area contributed by atoms with Crippen LogP contribution in [0.3, 0.4) is 0 Å². The van der Waals surface area contributed by atoms with Gasteiger partial charge < -0.3 is 9.15 Å². The van der Waals surface area contributed by atoms with Gasteiger partial charge in [0.2, 0.25) is 11.3 Å². The van der Waals surface area contributed by atoms with Gasteiger partial charge in [0.05, 0.1) is 23.3 Å². The van der Waals surface area contributed by atoms with E-state index in [0.29, 0.717) is 13.0 Å². The minimum atomic E-state index is -3.97. The van der Waals surface area contributed by atoms with E-state index in [1.165, 1.54) is 17.4 Å². The summed E-state index contributed by atoms with van der Waals surface area (Å²) in [6, 6.07) is 2.26. The van der Waals surface area contributed by atoms with Gasteiger partial charge in [-0.15, -0.1) is 0 Å². The minimum absolute atomic E-state index is 0.0692. The van der Waals surface area contributed by atoms with E-state index in [2.05, 4.69) is 0 Å². The van der Waals surface area contributed by atoms with Crippen molar-refractivity contribution in [1.29, 1.82) is 0 Å². The fourth-order valence-electron chi connectivity index (χ4n) is 2.17. The van der Waals surface area contributed by atoms with Gasteiger partial charge >= 0.3 is 11.9 Å². The molecule has 0 fully saturated rings. The van der Waals surface area contributed by atoms with Crippen molar-refractivity contribution < 1.29 is 36.4 Å². The summed E-state index contributed by atoms with van der Waals surface area (Å²) in [6.07, 6.45) is 0.725. The van der Waals surface area contributed by atoms with E-state index in [4.69, 9.17) is 13.7 Å². The van der Waals surface area contributed by atoms with Gasteiger partial charge in [-0.05, 0) is 6.07 Å². The fourth-order valence-corrected chi connectivity index (χ4v) is 3.67. The van der Waals surface area contributed by atoms with Crippen molar-refractivity contribution in [2.75, 3.05) is 12.4 Å². The van der Waals surface area contributed by atoms with Crippen LogP contribution in [0.2, 0.25) is 0 Å². The monoisotopic (exact) mass is 405 g/mol. The first-order valence-corrected chi connectivity index (χ1v) is 9.99. The molecule has 0 aliphatic carbocycles. The number of carbonyl (C=O) groups excluding carboxylic acids is 1. The van der Waals surface area contributed by atoms with Crippen LogP contribution in [0.5, 0.6) is 0 Å². The second-order valence-electron chi connectivity index (χ2n) is 5.35. The maximum absolute atomic E-state index is 11.8. The van der Waals surface area contributed by atoms with Crippen LogP contribution in [0.25, 0.3) is 0 Å². The average molecular weight is 405 g/mol. The average Bonchev–Trinajstić information content (AvgIpc) is 3.15. The topological polar surface area (TPSA) is 141 Å². The number of aryl methyl sites for hydroxylation is 1. The first kappa shape index (κ1) is 20.0. The Balaban J connectivity index is 1.84. The van der Waals surface area contributed by atoms with Gasteiger partial charge in [-0.3, -0.25) is 14.7 Å². The first-order chi connectivity index (χ1) is 12.2. The van der Waals surface area contributed by atoms with Crippen molar-refractivity contribution in [2.24, 2.45) is 0 Å². The SMILES string of the molecule is Cc1c(CCOC(=O)c2ccc([N+](=O)[O-])o2)sc[n+]1CCCS(=O)(=O)O. The maximum Gasteiger partial charge on any atom is 0.433 e. The number of esters is 1. The third kappa shape index (κ3) is 5.61. The van der Waals surface area contributed by atoms with Crippen LogP contribution in [-0.4, -0.2) is 36.2 Å². The molecule has 0 bridgehead atoms. The minimum Gasteiger partial charge on any atom is -0.459 e. The van der Waals surface area contributed by atoms with Crippen molar-refractivity contribution >= 4 is 33.3 Å². The fraction of sp³-hybridized carbons (Fsp3) is 0.429. The van der Waals surface area contributed by atoms with E-state index in [1.54, 1.807) is 0 Å². The highest BCUT2D eigenvalue weighted by Gasteiger charge is 2.20. The van der Waals surface area contributed by atoms with E-state index < -0.39 is 26.9 Å². The lowest BCUT2D eigenvalue weighted by atomic mass is 10.3. The Morgan fingerprint density at radius 1 is 1.46 bits per heavy atom. The molecule has 142 valence electrons. The maximum atomic E-state index is 11.8. The molecular weight excluding hydrogens is 388 g/mol. The molecule has 0 radical (unpaired) electrons. The van der Waals surface area contributed by atoms with Crippen LogP contribution >= 0.6 is 11.3 Å². The quantitative estimate of drug-likeness (QED) is 0.218. The first-order valence-electron chi connectivity index (χ1n) is 7.50. The molecule has 26 heavy (non-hydrogen) atoms. The Kier molecular flexibility index (Phi) is 6.45. The third-order valence-electron chi connectivity index (χ3n) is 3.49. The molecule has 0 saturated carbocycles. The Bertz CT molecular complexity index is 900. The molecule has 0 unspecified atom stereocenters. The van der Waals surface area contributed by atoms with Gasteiger partial charge in [-0.2, -0.15) is 13.0 Å². The largest absolute Gasteiger partial charge is 0.459 e. The second-order valence-corrected chi connectivity index (χ2v) is 7.86. The third-order valence-corrected chi connectivity index (χ3v) is 5.44. The van der Waals surface area contributed by atoms with E-state index in [0.717, 1.165) is 16.6 Å². The molecule has 0 aromatic carbocycles. The smallest absolute Gasteiger partial charge is 0.433 e. The Morgan fingerprint density at radius 3 is 2.81 bits per heavy atom. The predicted octanol–water partition coefficient (Wildman–Crippen LogP) is 1.52. The molecule has 1 N–H and O–H groups in total. The number of carbonyl (C=O) groups is 1. The number of ether oxygens (including phenoxy) is 1. The molecule has 0 amide bonds. The van der Waals surface area contributed by atoms with E-state index >= 15 is 0 Å². The zero-order valence-corrected chi connectivity index (χ0v) is 15.4. The van der Waals surface area contributed by atoms with Crippen molar-refractivity contribution in [3.63, 3.8) is 0 Å². The number of hydrogen-bond acceptors (Lipinski definition) is 8. The highest BCUT2D eigenvalue weighted by atomic mass is 32.2. The van der Waals surface area contributed by atoms with Gasteiger partial charge in [0, 0.05) is 19.8 Å². The second kappa shape index (κ2) is 8.38. The lowest BCUT2D eigenvalue weighted by molar-refractivity contribution is -0.698. The standard InChI is InChI=1S/C14H16N2O8S2/c1-10-12(25-9-15(10)6-2-8-26(20,21)22)5-7-23-14(17)11-3-4-13(24-11)16(18)19/h3-4,9H,2,5-8H2,1H3/p+1. The zero-order chi connectivity index (χ0) is 19.3. The molecule has 0 aliphatic rings. The number of thiazole rings is 1. The molecule has 10 nitrogen and oxygen atoms in total. The van der Waals surface area contributed by atoms with Crippen LogP contribution < -0.4 is 4.57 Å². The van der Waals surface area contributed by atoms with E-state index in [-0.39, 0.29) is 24.5 Å². The lowest BCUT2D eigenvalue weighted by Crippen LogP contribution is -2.35. The van der Waals surface area contributed by atoms with Crippen LogP contribution in [0.15, 0.2) is 22.1 Å². The van der Waals surface area contributed by atoms with Gasteiger partial charge in [0.1, 0.15) is 4.92 Å². The van der Waals surface area contributed by atoms with Gasteiger partial charge in [-0.25, -0.2) is 4.79 Å². The number of furan rings is 1. The summed E-state index contributed by atoms with van der Waals surface area (Å²) in [4.78, 5) is 22.5. The zero-order valence-electron chi connectivity index (χ0n) is 13.8. The summed E-state index contributed by atoms with van der Waals surface area (Å²) >= 11 is 1.44. The molecule has 12 heteroatoms. The number of nitrogens with zero attached hydrogens (tertiary/aromatic N) is 2.